The summed E-state index contributed by atoms with van der Waals surface area (Å²) in [6, 6.07) is 25.9. The normalized spacial score (nSPS) is 12.0. The zero-order valence-electron chi connectivity index (χ0n) is 14.8. The van der Waals surface area contributed by atoms with E-state index in [1.165, 1.54) is 38.2 Å². The largest absolute Gasteiger partial charge is 0.0843 e. The third-order valence-electron chi connectivity index (χ3n) is 4.86. The van der Waals surface area contributed by atoms with Gasteiger partial charge < -0.3 is 0 Å². The SMILES string of the molecule is CC(C)(C)c1ccc2cc3ccccc3c(-c3ccc(Cl)cc3)c2c1. The minimum Gasteiger partial charge on any atom is -0.0843 e. The van der Waals surface area contributed by atoms with Crippen molar-refractivity contribution in [2.24, 2.45) is 0 Å². The predicted octanol–water partition coefficient (Wildman–Crippen LogP) is 7.61. The van der Waals surface area contributed by atoms with Crippen molar-refractivity contribution in [2.75, 3.05) is 0 Å². The first-order valence-corrected chi connectivity index (χ1v) is 9.03. The molecule has 0 unspecified atom stereocenters. The van der Waals surface area contributed by atoms with E-state index in [-0.39, 0.29) is 5.41 Å². The van der Waals surface area contributed by atoms with Crippen molar-refractivity contribution < 1.29 is 0 Å². The van der Waals surface area contributed by atoms with E-state index in [1.807, 2.05) is 12.1 Å². The molecule has 0 spiro atoms. The number of rotatable bonds is 1. The molecule has 0 aliphatic heterocycles. The van der Waals surface area contributed by atoms with Gasteiger partial charge in [0, 0.05) is 5.02 Å². The van der Waals surface area contributed by atoms with Crippen molar-refractivity contribution in [1.82, 2.24) is 0 Å². The Morgan fingerprint density at radius 2 is 1.36 bits per heavy atom. The van der Waals surface area contributed by atoms with E-state index in [1.54, 1.807) is 0 Å². The zero-order valence-corrected chi connectivity index (χ0v) is 15.6. The third kappa shape index (κ3) is 2.92. The van der Waals surface area contributed by atoms with Crippen LogP contribution in [0, 0.1) is 0 Å². The fraction of sp³-hybridized carbons (Fsp3) is 0.167. The van der Waals surface area contributed by atoms with Gasteiger partial charge in [-0.2, -0.15) is 0 Å². The zero-order chi connectivity index (χ0) is 17.6. The molecule has 0 aliphatic carbocycles. The highest BCUT2D eigenvalue weighted by Crippen LogP contribution is 2.38. The fourth-order valence-electron chi connectivity index (χ4n) is 3.46. The number of hydrogen-bond acceptors (Lipinski definition) is 0. The predicted molar refractivity (Wildman–Crippen MR) is 111 cm³/mol. The van der Waals surface area contributed by atoms with E-state index in [9.17, 15) is 0 Å². The maximum absolute atomic E-state index is 6.12. The topological polar surface area (TPSA) is 0 Å². The number of halogens is 1. The second kappa shape index (κ2) is 5.89. The lowest BCUT2D eigenvalue weighted by atomic mass is 9.84. The van der Waals surface area contributed by atoms with E-state index in [4.69, 9.17) is 11.6 Å². The van der Waals surface area contributed by atoms with Crippen molar-refractivity contribution in [3.8, 4) is 11.1 Å². The summed E-state index contributed by atoms with van der Waals surface area (Å²) in [7, 11) is 0. The molecule has 0 radical (unpaired) electrons. The summed E-state index contributed by atoms with van der Waals surface area (Å²) in [5, 5.41) is 5.89. The Morgan fingerprint density at radius 3 is 2.08 bits per heavy atom. The molecule has 0 aliphatic rings. The Balaban J connectivity index is 2.14. The molecule has 0 amide bonds. The molecule has 25 heavy (non-hydrogen) atoms. The lowest BCUT2D eigenvalue weighted by Gasteiger charge is -2.21. The molecule has 0 nitrogen and oxygen atoms in total. The summed E-state index contributed by atoms with van der Waals surface area (Å²) in [6.07, 6.45) is 0. The van der Waals surface area contributed by atoms with E-state index in [0.29, 0.717) is 0 Å². The van der Waals surface area contributed by atoms with Crippen LogP contribution in [0.25, 0.3) is 32.7 Å². The molecule has 1 heteroatoms. The lowest BCUT2D eigenvalue weighted by molar-refractivity contribution is 0.591. The minimum atomic E-state index is 0.122. The molecule has 0 aromatic heterocycles. The van der Waals surface area contributed by atoms with Crippen LogP contribution < -0.4 is 0 Å². The highest BCUT2D eigenvalue weighted by atomic mass is 35.5. The first kappa shape index (κ1) is 16.2. The van der Waals surface area contributed by atoms with Gasteiger partial charge in [0.05, 0.1) is 0 Å². The van der Waals surface area contributed by atoms with Crippen molar-refractivity contribution in [3.05, 3.63) is 83.4 Å². The second-order valence-corrected chi connectivity index (χ2v) is 8.10. The first-order valence-electron chi connectivity index (χ1n) is 8.65. The van der Waals surface area contributed by atoms with Crippen LogP contribution in [0.15, 0.2) is 72.8 Å². The van der Waals surface area contributed by atoms with Crippen LogP contribution in [0.2, 0.25) is 5.02 Å². The molecule has 0 saturated carbocycles. The molecule has 0 bridgehead atoms. The Hall–Kier alpha value is -2.31. The highest BCUT2D eigenvalue weighted by Gasteiger charge is 2.16. The van der Waals surface area contributed by atoms with Crippen LogP contribution in [0.3, 0.4) is 0 Å². The smallest absolute Gasteiger partial charge is 0.0406 e. The molecule has 124 valence electrons. The Labute approximate surface area is 154 Å². The lowest BCUT2D eigenvalue weighted by Crippen LogP contribution is -2.10. The first-order chi connectivity index (χ1) is 11.9. The summed E-state index contributed by atoms with van der Waals surface area (Å²) in [6.45, 7) is 6.78. The standard InChI is InChI=1S/C24H21Cl/c1-24(2,3)19-11-8-18-14-17-6-4-5-7-21(17)23(22(18)15-19)16-9-12-20(25)13-10-16/h4-15H,1-3H3. The monoisotopic (exact) mass is 344 g/mol. The second-order valence-electron chi connectivity index (χ2n) is 7.67. The average Bonchev–Trinajstić information content (AvgIpc) is 2.59. The van der Waals surface area contributed by atoms with Crippen molar-refractivity contribution in [3.63, 3.8) is 0 Å². The number of benzene rings is 4. The van der Waals surface area contributed by atoms with Gasteiger partial charge in [0.2, 0.25) is 0 Å². The number of hydrogen-bond donors (Lipinski definition) is 0. The third-order valence-corrected chi connectivity index (χ3v) is 5.11. The van der Waals surface area contributed by atoms with Crippen LogP contribution in [-0.4, -0.2) is 0 Å². The van der Waals surface area contributed by atoms with Crippen LogP contribution in [0.1, 0.15) is 26.3 Å². The molecule has 0 N–H and O–H groups in total. The molecular weight excluding hydrogens is 324 g/mol. The van der Waals surface area contributed by atoms with Crippen molar-refractivity contribution in [2.45, 2.75) is 26.2 Å². The van der Waals surface area contributed by atoms with Gasteiger partial charge in [-0.05, 0) is 67.9 Å². The summed E-state index contributed by atoms with van der Waals surface area (Å²) in [5.74, 6) is 0. The molecule has 4 aromatic rings. The molecule has 0 saturated heterocycles. The number of fused-ring (bicyclic) bond motifs is 2. The summed E-state index contributed by atoms with van der Waals surface area (Å²) in [5.41, 5.74) is 3.97. The maximum atomic E-state index is 6.12. The summed E-state index contributed by atoms with van der Waals surface area (Å²) < 4.78 is 0. The van der Waals surface area contributed by atoms with Gasteiger partial charge >= 0.3 is 0 Å². The van der Waals surface area contributed by atoms with Gasteiger partial charge in [0.25, 0.3) is 0 Å². The molecule has 0 fully saturated rings. The molecular formula is C24H21Cl. The minimum absolute atomic E-state index is 0.122. The van der Waals surface area contributed by atoms with Crippen LogP contribution in [0.5, 0.6) is 0 Å². The van der Waals surface area contributed by atoms with Crippen LogP contribution in [-0.2, 0) is 5.41 Å². The van der Waals surface area contributed by atoms with Crippen molar-refractivity contribution in [1.29, 1.82) is 0 Å². The van der Waals surface area contributed by atoms with Gasteiger partial charge in [0.15, 0.2) is 0 Å². The van der Waals surface area contributed by atoms with Gasteiger partial charge in [-0.3, -0.25) is 0 Å². The van der Waals surface area contributed by atoms with Gasteiger partial charge in [-0.1, -0.05) is 80.9 Å². The van der Waals surface area contributed by atoms with Gasteiger partial charge in [-0.15, -0.1) is 0 Å². The van der Waals surface area contributed by atoms with E-state index in [2.05, 4.69) is 81.4 Å². The average molecular weight is 345 g/mol. The maximum Gasteiger partial charge on any atom is 0.0406 e. The molecule has 4 rings (SSSR count). The van der Waals surface area contributed by atoms with Gasteiger partial charge in [0.1, 0.15) is 0 Å². The van der Waals surface area contributed by atoms with E-state index in [0.717, 1.165) is 5.02 Å². The fourth-order valence-corrected chi connectivity index (χ4v) is 3.58. The quantitative estimate of drug-likeness (QED) is 0.312. The Kier molecular flexibility index (Phi) is 3.81. The van der Waals surface area contributed by atoms with Gasteiger partial charge in [-0.25, -0.2) is 0 Å². The van der Waals surface area contributed by atoms with Crippen LogP contribution in [0.4, 0.5) is 0 Å². The highest BCUT2D eigenvalue weighted by molar-refractivity contribution is 6.30. The van der Waals surface area contributed by atoms with Crippen molar-refractivity contribution >= 4 is 33.1 Å². The summed E-state index contributed by atoms with van der Waals surface area (Å²) >= 11 is 6.12. The van der Waals surface area contributed by atoms with E-state index >= 15 is 0 Å². The molecule has 0 atom stereocenters. The molecule has 4 aromatic carbocycles. The Bertz CT molecular complexity index is 1070. The Morgan fingerprint density at radius 1 is 0.680 bits per heavy atom. The van der Waals surface area contributed by atoms with E-state index < -0.39 is 0 Å². The van der Waals surface area contributed by atoms with Crippen LogP contribution >= 0.6 is 11.6 Å². The molecule has 0 heterocycles. The summed E-state index contributed by atoms with van der Waals surface area (Å²) in [4.78, 5) is 0.